The zero-order chi connectivity index (χ0) is 26.4. The van der Waals surface area contributed by atoms with Crippen LogP contribution in [0, 0.1) is 28.6 Å². The number of carboxylic acid groups (broad SMARTS) is 1. The number of rotatable bonds is 2. The number of allylic oxidation sites excluding steroid dienone is 4. The maximum atomic E-state index is 17.2. The Bertz CT molecular complexity index is 1030. The summed E-state index contributed by atoms with van der Waals surface area (Å²) in [7, 11) is 0. The molecule has 7 nitrogen and oxygen atoms in total. The molecule has 3 fully saturated rings. The zero-order valence-electron chi connectivity index (χ0n) is 20.9. The second-order valence-corrected chi connectivity index (χ2v) is 12.1. The lowest BCUT2D eigenvalue weighted by atomic mass is 9.44. The standard InChI is InChI=1S/C26H34F2O7/c1-13-9-15-16-11-18(27)17-10-14(29)7-8-23(17,5)25(16,28)19(30)12-24(15,6)26(13,20(31)32)35-21(33)34-22(2,3)4/h7-8,10,13,15-16,18-19,30H,9,11-12H2,1-6H3,(H,31,32)/t13-,15+,16+,18+,19+,23+,24?,25+,26+/m1/s1. The van der Waals surface area contributed by atoms with Crippen molar-refractivity contribution in [3.8, 4) is 0 Å². The van der Waals surface area contributed by atoms with Gasteiger partial charge in [0, 0.05) is 22.7 Å². The lowest BCUT2D eigenvalue weighted by Crippen LogP contribution is -2.71. The van der Waals surface area contributed by atoms with Gasteiger partial charge in [0.25, 0.3) is 0 Å². The Balaban J connectivity index is 1.82. The third-order valence-corrected chi connectivity index (χ3v) is 9.12. The van der Waals surface area contributed by atoms with Gasteiger partial charge < -0.3 is 19.7 Å². The molecule has 4 aliphatic rings. The van der Waals surface area contributed by atoms with Crippen LogP contribution in [0.4, 0.5) is 13.6 Å². The minimum atomic E-state index is -2.34. The van der Waals surface area contributed by atoms with Crippen molar-refractivity contribution in [3.63, 3.8) is 0 Å². The second-order valence-electron chi connectivity index (χ2n) is 12.1. The van der Waals surface area contributed by atoms with E-state index in [1.54, 1.807) is 34.6 Å². The number of ketones is 1. The number of aliphatic carboxylic acids is 1. The molecule has 4 aliphatic carbocycles. The Morgan fingerprint density at radius 2 is 1.80 bits per heavy atom. The van der Waals surface area contributed by atoms with Crippen molar-refractivity contribution in [2.45, 2.75) is 90.0 Å². The molecule has 2 N–H and O–H groups in total. The normalized spacial score (nSPS) is 46.7. The topological polar surface area (TPSA) is 110 Å². The predicted octanol–water partition coefficient (Wildman–Crippen LogP) is 4.33. The molecule has 0 aromatic rings. The maximum Gasteiger partial charge on any atom is 0.509 e. The fraction of sp³-hybridized carbons (Fsp3) is 0.731. The third kappa shape index (κ3) is 3.26. The third-order valence-electron chi connectivity index (χ3n) is 9.12. The van der Waals surface area contributed by atoms with Gasteiger partial charge >= 0.3 is 12.1 Å². The molecule has 0 aromatic carbocycles. The molecule has 0 radical (unpaired) electrons. The molecule has 0 amide bonds. The molecule has 0 aliphatic heterocycles. The minimum Gasteiger partial charge on any atom is -0.478 e. The quantitative estimate of drug-likeness (QED) is 0.548. The molecule has 1 unspecified atom stereocenters. The van der Waals surface area contributed by atoms with Crippen molar-refractivity contribution >= 4 is 17.9 Å². The number of halogens is 2. The van der Waals surface area contributed by atoms with E-state index in [1.165, 1.54) is 19.1 Å². The highest BCUT2D eigenvalue weighted by Gasteiger charge is 2.78. The highest BCUT2D eigenvalue weighted by Crippen LogP contribution is 2.71. The van der Waals surface area contributed by atoms with Crippen LogP contribution in [-0.4, -0.2) is 57.3 Å². The summed E-state index contributed by atoms with van der Waals surface area (Å²) >= 11 is 0. The van der Waals surface area contributed by atoms with Crippen molar-refractivity contribution in [2.75, 3.05) is 0 Å². The molecule has 0 saturated heterocycles. The van der Waals surface area contributed by atoms with E-state index in [0.717, 1.165) is 6.08 Å². The second kappa shape index (κ2) is 7.60. The molecule has 3 saturated carbocycles. The van der Waals surface area contributed by atoms with E-state index in [4.69, 9.17) is 9.47 Å². The molecule has 35 heavy (non-hydrogen) atoms. The van der Waals surface area contributed by atoms with Crippen LogP contribution < -0.4 is 0 Å². The van der Waals surface area contributed by atoms with Crippen LogP contribution >= 0.6 is 0 Å². The summed E-state index contributed by atoms with van der Waals surface area (Å²) in [6.45, 7) is 9.50. The monoisotopic (exact) mass is 496 g/mol. The van der Waals surface area contributed by atoms with E-state index in [9.17, 15) is 24.6 Å². The van der Waals surface area contributed by atoms with Crippen LogP contribution in [0.25, 0.3) is 0 Å². The molecular formula is C26H34F2O7. The van der Waals surface area contributed by atoms with Crippen molar-refractivity contribution < 1.29 is 42.9 Å². The fourth-order valence-corrected chi connectivity index (χ4v) is 7.64. The summed E-state index contributed by atoms with van der Waals surface area (Å²) in [6.07, 6.45) is -1.38. The Kier molecular flexibility index (Phi) is 5.60. The Hall–Kier alpha value is -2.29. The van der Waals surface area contributed by atoms with Crippen LogP contribution in [0.2, 0.25) is 0 Å². The van der Waals surface area contributed by atoms with Gasteiger partial charge in [0.1, 0.15) is 11.8 Å². The van der Waals surface area contributed by atoms with E-state index >= 15 is 8.78 Å². The minimum absolute atomic E-state index is 0.00745. The number of hydrogen-bond donors (Lipinski definition) is 2. The van der Waals surface area contributed by atoms with Gasteiger partial charge in [-0.25, -0.2) is 18.4 Å². The predicted molar refractivity (Wildman–Crippen MR) is 121 cm³/mol. The highest BCUT2D eigenvalue weighted by atomic mass is 19.1. The first-order chi connectivity index (χ1) is 15.9. The Morgan fingerprint density at radius 3 is 2.37 bits per heavy atom. The summed E-state index contributed by atoms with van der Waals surface area (Å²) < 4.78 is 43.6. The average molecular weight is 497 g/mol. The number of hydrogen-bond acceptors (Lipinski definition) is 6. The number of aliphatic hydroxyl groups is 1. The molecule has 0 spiro atoms. The van der Waals surface area contributed by atoms with Gasteiger partial charge in [0.2, 0.25) is 5.60 Å². The first-order valence-electron chi connectivity index (χ1n) is 12.1. The smallest absolute Gasteiger partial charge is 0.478 e. The highest BCUT2D eigenvalue weighted by molar-refractivity contribution is 6.01. The number of carbonyl (C=O) groups is 3. The summed E-state index contributed by atoms with van der Waals surface area (Å²) in [5, 5.41) is 21.8. The largest absolute Gasteiger partial charge is 0.509 e. The van der Waals surface area contributed by atoms with E-state index in [2.05, 4.69) is 0 Å². The number of alkyl halides is 2. The van der Waals surface area contributed by atoms with E-state index in [1.807, 2.05) is 0 Å². The number of carbonyl (C=O) groups excluding carboxylic acids is 2. The van der Waals surface area contributed by atoms with Gasteiger partial charge in [0.15, 0.2) is 11.5 Å². The van der Waals surface area contributed by atoms with Crippen molar-refractivity contribution in [2.24, 2.45) is 28.6 Å². The molecule has 0 heterocycles. The number of carboxylic acids is 1. The van der Waals surface area contributed by atoms with E-state index in [0.29, 0.717) is 0 Å². The Morgan fingerprint density at radius 1 is 1.17 bits per heavy atom. The van der Waals surface area contributed by atoms with Crippen LogP contribution in [0.3, 0.4) is 0 Å². The first-order valence-corrected chi connectivity index (χ1v) is 12.1. The summed E-state index contributed by atoms with van der Waals surface area (Å²) in [5.74, 6) is -4.41. The van der Waals surface area contributed by atoms with Gasteiger partial charge in [-0.05, 0) is 70.6 Å². The van der Waals surface area contributed by atoms with Gasteiger partial charge in [-0.1, -0.05) is 19.9 Å². The van der Waals surface area contributed by atoms with Crippen LogP contribution in [-0.2, 0) is 19.1 Å². The van der Waals surface area contributed by atoms with Gasteiger partial charge in [-0.3, -0.25) is 4.79 Å². The van der Waals surface area contributed by atoms with Crippen LogP contribution in [0.5, 0.6) is 0 Å². The molecule has 0 bridgehead atoms. The Labute approximate surface area is 203 Å². The van der Waals surface area contributed by atoms with E-state index in [-0.39, 0.29) is 24.8 Å². The zero-order valence-corrected chi connectivity index (χ0v) is 20.9. The maximum absolute atomic E-state index is 17.2. The molecule has 0 aromatic heterocycles. The van der Waals surface area contributed by atoms with Crippen LogP contribution in [0.1, 0.15) is 60.8 Å². The summed E-state index contributed by atoms with van der Waals surface area (Å²) in [6, 6.07) is 0. The fourth-order valence-electron chi connectivity index (χ4n) is 7.64. The van der Waals surface area contributed by atoms with Crippen molar-refractivity contribution in [3.05, 3.63) is 23.8 Å². The molecule has 4 rings (SSSR count). The number of fused-ring (bicyclic) bond motifs is 5. The lowest BCUT2D eigenvalue weighted by Gasteiger charge is -2.62. The number of ether oxygens (including phenoxy) is 2. The van der Waals surface area contributed by atoms with Gasteiger partial charge in [-0.2, -0.15) is 0 Å². The van der Waals surface area contributed by atoms with Crippen molar-refractivity contribution in [1.29, 1.82) is 0 Å². The van der Waals surface area contributed by atoms with Gasteiger partial charge in [0.05, 0.1) is 6.10 Å². The summed E-state index contributed by atoms with van der Waals surface area (Å²) in [5.41, 5.74) is -8.38. The van der Waals surface area contributed by atoms with Crippen LogP contribution in [0.15, 0.2) is 23.8 Å². The van der Waals surface area contributed by atoms with E-state index < -0.39 is 75.6 Å². The SMILES string of the molecule is C[C@@H]1C[C@H]2[C@@H]3C[C@H](F)C4=CC(=O)C=C[C@]4(C)[C@@]3(F)[C@@H](O)CC2(C)[C@@]1(OC(=O)OC(C)(C)C)C(=O)O. The molecule has 9 heteroatoms. The molecule has 194 valence electrons. The van der Waals surface area contributed by atoms with Gasteiger partial charge in [-0.15, -0.1) is 0 Å². The summed E-state index contributed by atoms with van der Waals surface area (Å²) in [4.78, 5) is 37.4. The first kappa shape index (κ1) is 25.8. The molecular weight excluding hydrogens is 462 g/mol. The average Bonchev–Trinajstić information content (AvgIpc) is 2.92. The number of aliphatic hydroxyl groups excluding tert-OH is 1. The molecule has 9 atom stereocenters. The van der Waals surface area contributed by atoms with Crippen molar-refractivity contribution in [1.82, 2.24) is 0 Å². The lowest BCUT2D eigenvalue weighted by molar-refractivity contribution is -0.232.